The minimum Gasteiger partial charge on any atom is -0.364 e. The maximum Gasteiger partial charge on any atom is 0.269 e. The Morgan fingerprint density at radius 2 is 2.29 bits per heavy atom. The highest BCUT2D eigenvalue weighted by Crippen LogP contribution is 2.38. The molecule has 0 aromatic carbocycles. The van der Waals surface area contributed by atoms with E-state index in [2.05, 4.69) is 15.5 Å². The number of primary amides is 1. The molecule has 2 rings (SSSR count). The van der Waals surface area contributed by atoms with Crippen molar-refractivity contribution in [3.8, 4) is 0 Å². The van der Waals surface area contributed by atoms with Gasteiger partial charge in [-0.15, -0.1) is 10.2 Å². The summed E-state index contributed by atoms with van der Waals surface area (Å²) in [7, 11) is 0. The van der Waals surface area contributed by atoms with Crippen molar-refractivity contribution in [2.24, 2.45) is 17.6 Å². The van der Waals surface area contributed by atoms with E-state index < -0.39 is 18.5 Å². The van der Waals surface area contributed by atoms with E-state index in [0.29, 0.717) is 5.92 Å². The topological polar surface area (TPSA) is 98.0 Å². The number of nitrogens with one attached hydrogen (secondary N) is 1. The molecule has 0 spiro atoms. The van der Waals surface area contributed by atoms with Crippen molar-refractivity contribution < 1.29 is 13.7 Å². The van der Waals surface area contributed by atoms with Crippen molar-refractivity contribution >= 4 is 17.6 Å². The first kappa shape index (κ1) is 8.16. The van der Waals surface area contributed by atoms with Gasteiger partial charge in [0.05, 0.1) is 0 Å². The summed E-state index contributed by atoms with van der Waals surface area (Å²) in [4.78, 5) is 22.9. The number of carbonyl (C=O) groups excluding carboxylic acids is 2. The smallest absolute Gasteiger partial charge is 0.269 e. The Kier molecular flexibility index (Phi) is 1.98. The lowest BCUT2D eigenvalue weighted by Crippen LogP contribution is -2.19. The Morgan fingerprint density at radius 1 is 1.59 bits per heavy atom. The van der Waals surface area contributed by atoms with E-state index in [4.69, 9.17) is 9.85 Å². The third-order valence-corrected chi connectivity index (χ3v) is 2.72. The number of aromatic nitrogens is 2. The number of rotatable bonds is 3. The van der Waals surface area contributed by atoms with Gasteiger partial charge in [0.1, 0.15) is 0 Å². The van der Waals surface area contributed by atoms with Gasteiger partial charge in [-0.1, -0.05) is 6.92 Å². The van der Waals surface area contributed by atoms with E-state index in [1.54, 1.807) is 0 Å². The monoisotopic (exact) mass is 237 g/mol. The predicted octanol–water partition coefficient (Wildman–Crippen LogP) is 0.478. The zero-order valence-corrected chi connectivity index (χ0v) is 9.23. The molecule has 0 aliphatic heterocycles. The number of nitrogens with zero attached hydrogens (tertiary/aromatic N) is 2. The first-order chi connectivity index (χ1) is 9.20. The fourth-order valence-corrected chi connectivity index (χ4v) is 1.54. The standard InChI is InChI=1S/C11H14N4O2/c1-5-3-7(5)11(17)13-8-4-6(2)9(10(12)16)15-14-8/h4-5,7H,3H2,1-2H3,(H2,12,16)(H,13,14,17)/t5-,7-/m1/s1/i2D3. The molecule has 17 heavy (non-hydrogen) atoms. The molecule has 0 radical (unpaired) electrons. The second-order valence-corrected chi connectivity index (χ2v) is 4.16. The van der Waals surface area contributed by atoms with Crippen LogP contribution < -0.4 is 11.1 Å². The number of carbonyl (C=O) groups is 2. The number of aryl methyl sites for hydroxylation is 1. The summed E-state index contributed by atoms with van der Waals surface area (Å²) in [5, 5.41) is 9.61. The summed E-state index contributed by atoms with van der Waals surface area (Å²) in [6.45, 7) is -0.618. The second-order valence-electron chi connectivity index (χ2n) is 4.16. The highest BCUT2D eigenvalue weighted by atomic mass is 16.2. The van der Waals surface area contributed by atoms with Gasteiger partial charge < -0.3 is 11.1 Å². The Balaban J connectivity index is 2.28. The van der Waals surface area contributed by atoms with Crippen molar-refractivity contribution in [3.63, 3.8) is 0 Å². The number of amides is 2. The lowest BCUT2D eigenvalue weighted by Gasteiger charge is -2.05. The quantitative estimate of drug-likeness (QED) is 0.798. The summed E-state index contributed by atoms with van der Waals surface area (Å²) < 4.78 is 22.1. The Morgan fingerprint density at radius 3 is 2.82 bits per heavy atom. The van der Waals surface area contributed by atoms with E-state index in [0.717, 1.165) is 12.5 Å². The van der Waals surface area contributed by atoms with E-state index in [1.165, 1.54) is 0 Å². The number of anilines is 1. The normalized spacial score (nSPS) is 25.4. The molecule has 90 valence electrons. The maximum absolute atomic E-state index is 11.8. The molecule has 1 aliphatic rings. The number of hydrogen-bond donors (Lipinski definition) is 2. The molecule has 2 atom stereocenters. The predicted molar refractivity (Wildman–Crippen MR) is 61.2 cm³/mol. The molecule has 3 N–H and O–H groups in total. The Bertz CT molecular complexity index is 573. The Hall–Kier alpha value is -1.98. The molecule has 6 nitrogen and oxygen atoms in total. The third-order valence-electron chi connectivity index (χ3n) is 2.72. The molecule has 1 aromatic rings. The fraction of sp³-hybridized carbons (Fsp3) is 0.455. The Labute approximate surface area is 103 Å². The van der Waals surface area contributed by atoms with Crippen LogP contribution in [0.5, 0.6) is 0 Å². The molecule has 0 bridgehead atoms. The largest absolute Gasteiger partial charge is 0.364 e. The van der Waals surface area contributed by atoms with Gasteiger partial charge in [-0.05, 0) is 30.8 Å². The van der Waals surface area contributed by atoms with Gasteiger partial charge in [0, 0.05) is 10.0 Å². The van der Waals surface area contributed by atoms with E-state index in [9.17, 15) is 9.59 Å². The van der Waals surface area contributed by atoms with Gasteiger partial charge in [-0.25, -0.2) is 0 Å². The van der Waals surface area contributed by atoms with Crippen molar-refractivity contribution in [1.29, 1.82) is 0 Å². The average molecular weight is 237 g/mol. The zero-order valence-electron chi connectivity index (χ0n) is 12.2. The molecule has 1 heterocycles. The van der Waals surface area contributed by atoms with Crippen LogP contribution >= 0.6 is 0 Å². The molecule has 0 saturated heterocycles. The van der Waals surface area contributed by atoms with Crippen LogP contribution in [0.4, 0.5) is 5.82 Å². The minimum absolute atomic E-state index is 0.00484. The van der Waals surface area contributed by atoms with Gasteiger partial charge in [0.15, 0.2) is 11.5 Å². The molecule has 1 saturated carbocycles. The molecular formula is C11H14N4O2. The van der Waals surface area contributed by atoms with Gasteiger partial charge in [-0.3, -0.25) is 9.59 Å². The highest BCUT2D eigenvalue weighted by molar-refractivity contribution is 5.95. The van der Waals surface area contributed by atoms with E-state index >= 15 is 0 Å². The molecule has 0 unspecified atom stereocenters. The zero-order chi connectivity index (χ0) is 15.1. The fourth-order valence-electron chi connectivity index (χ4n) is 1.54. The minimum atomic E-state index is -2.56. The molecule has 1 fully saturated rings. The average Bonchev–Trinajstić information content (AvgIpc) is 3.05. The van der Waals surface area contributed by atoms with E-state index in [1.807, 2.05) is 6.92 Å². The van der Waals surface area contributed by atoms with E-state index in [-0.39, 0.29) is 23.2 Å². The van der Waals surface area contributed by atoms with Crippen LogP contribution in [-0.4, -0.2) is 22.0 Å². The van der Waals surface area contributed by atoms with Crippen molar-refractivity contribution in [1.82, 2.24) is 10.2 Å². The summed E-state index contributed by atoms with van der Waals surface area (Å²) in [6.07, 6.45) is 0.796. The van der Waals surface area contributed by atoms with Crippen LogP contribution in [-0.2, 0) is 4.79 Å². The van der Waals surface area contributed by atoms with Crippen LogP contribution in [0, 0.1) is 18.7 Å². The van der Waals surface area contributed by atoms with Crippen LogP contribution in [0.2, 0.25) is 0 Å². The van der Waals surface area contributed by atoms with Gasteiger partial charge in [0.2, 0.25) is 5.91 Å². The summed E-state index contributed by atoms with van der Waals surface area (Å²) in [5.74, 6) is -0.962. The lowest BCUT2D eigenvalue weighted by atomic mass is 10.2. The molecule has 1 aliphatic carbocycles. The first-order valence-electron chi connectivity index (χ1n) is 6.69. The number of hydrogen-bond acceptors (Lipinski definition) is 4. The van der Waals surface area contributed by atoms with Gasteiger partial charge in [0.25, 0.3) is 5.91 Å². The van der Waals surface area contributed by atoms with Crippen molar-refractivity contribution in [2.75, 3.05) is 5.32 Å². The van der Waals surface area contributed by atoms with Crippen LogP contribution in [0.3, 0.4) is 0 Å². The molecule has 6 heteroatoms. The SMILES string of the molecule is [2H]C([2H])([2H])c1cc(NC(=O)[C@@H]2C[C@H]2C)nnc1C(N)=O. The van der Waals surface area contributed by atoms with Crippen LogP contribution in [0.1, 0.15) is 33.5 Å². The van der Waals surface area contributed by atoms with Crippen LogP contribution in [0.25, 0.3) is 0 Å². The van der Waals surface area contributed by atoms with Crippen LogP contribution in [0.15, 0.2) is 6.07 Å². The van der Waals surface area contributed by atoms with Gasteiger partial charge in [-0.2, -0.15) is 0 Å². The second kappa shape index (κ2) is 4.12. The third kappa shape index (κ3) is 2.41. The molecular weight excluding hydrogens is 220 g/mol. The number of nitrogens with two attached hydrogens (primary N) is 1. The van der Waals surface area contributed by atoms with Gasteiger partial charge >= 0.3 is 0 Å². The summed E-state index contributed by atoms with van der Waals surface area (Å²) in [5.41, 5.74) is 4.33. The highest BCUT2D eigenvalue weighted by Gasteiger charge is 2.39. The molecule has 1 aromatic heterocycles. The molecule has 2 amide bonds. The maximum atomic E-state index is 11.8. The summed E-state index contributed by atoms with van der Waals surface area (Å²) in [6, 6.07) is 1.12. The lowest BCUT2D eigenvalue weighted by molar-refractivity contribution is -0.117. The summed E-state index contributed by atoms with van der Waals surface area (Å²) >= 11 is 0. The first-order valence-corrected chi connectivity index (χ1v) is 5.19. The van der Waals surface area contributed by atoms with Crippen molar-refractivity contribution in [2.45, 2.75) is 20.2 Å². The van der Waals surface area contributed by atoms with Crippen molar-refractivity contribution in [3.05, 3.63) is 17.3 Å².